The Morgan fingerprint density at radius 2 is 2.50 bits per heavy atom. The van der Waals surface area contributed by atoms with Gasteiger partial charge in [-0.3, -0.25) is 0 Å². The van der Waals surface area contributed by atoms with Gasteiger partial charge in [0, 0.05) is 6.20 Å². The maximum Gasteiger partial charge on any atom is 0.237 e. The van der Waals surface area contributed by atoms with Gasteiger partial charge in [0.2, 0.25) is 5.88 Å². The molecule has 0 fully saturated rings. The van der Waals surface area contributed by atoms with Gasteiger partial charge in [0.15, 0.2) is 5.11 Å². The molecule has 0 saturated carbocycles. The number of nitrogens with one attached hydrogen (secondary N) is 1. The topological polar surface area (TPSA) is 60.2 Å². The van der Waals surface area contributed by atoms with E-state index in [9.17, 15) is 0 Å². The number of ether oxygens (including phenoxy) is 1. The van der Waals surface area contributed by atoms with Crippen LogP contribution in [0.1, 0.15) is 0 Å². The lowest BCUT2D eigenvalue weighted by Gasteiger charge is -2.06. The Bertz CT molecular complexity index is 290. The zero-order valence-electron chi connectivity index (χ0n) is 6.57. The van der Waals surface area contributed by atoms with E-state index in [2.05, 4.69) is 22.5 Å². The van der Waals surface area contributed by atoms with Gasteiger partial charge in [-0.2, -0.15) is 0 Å². The molecule has 4 nitrogen and oxygen atoms in total. The molecule has 0 amide bonds. The van der Waals surface area contributed by atoms with Crippen molar-refractivity contribution in [2.45, 2.75) is 0 Å². The number of anilines is 1. The SMILES string of the molecule is COc1ncccc1NC(N)=S. The number of hydrogen-bond donors (Lipinski definition) is 2. The van der Waals surface area contributed by atoms with Crippen LogP contribution in [0.2, 0.25) is 0 Å². The average Bonchev–Trinajstić information content (AvgIpc) is 2.04. The van der Waals surface area contributed by atoms with Crippen LogP contribution >= 0.6 is 12.2 Å². The fourth-order valence-corrected chi connectivity index (χ4v) is 0.891. The summed E-state index contributed by atoms with van der Waals surface area (Å²) in [4.78, 5) is 3.95. The number of nitrogens with two attached hydrogens (primary N) is 1. The van der Waals surface area contributed by atoms with Crippen LogP contribution in [0.3, 0.4) is 0 Å². The van der Waals surface area contributed by atoms with E-state index in [0.29, 0.717) is 11.6 Å². The quantitative estimate of drug-likeness (QED) is 0.662. The number of aromatic nitrogens is 1. The van der Waals surface area contributed by atoms with E-state index in [1.165, 1.54) is 7.11 Å². The second-order valence-corrected chi connectivity index (χ2v) is 2.49. The highest BCUT2D eigenvalue weighted by Crippen LogP contribution is 2.18. The molecule has 1 heterocycles. The molecule has 5 heteroatoms. The standard InChI is InChI=1S/C7H9N3OS/c1-11-6-5(10-7(8)12)3-2-4-9-6/h2-4H,1H3,(H3,8,10,12). The first-order chi connectivity index (χ1) is 5.74. The van der Waals surface area contributed by atoms with Gasteiger partial charge in [-0.15, -0.1) is 0 Å². The van der Waals surface area contributed by atoms with Gasteiger partial charge >= 0.3 is 0 Å². The summed E-state index contributed by atoms with van der Waals surface area (Å²) in [6.07, 6.45) is 1.63. The lowest BCUT2D eigenvalue weighted by atomic mass is 10.4. The summed E-state index contributed by atoms with van der Waals surface area (Å²) in [6.45, 7) is 0. The van der Waals surface area contributed by atoms with Crippen molar-refractivity contribution < 1.29 is 4.74 Å². The summed E-state index contributed by atoms with van der Waals surface area (Å²) in [5.74, 6) is 0.477. The minimum Gasteiger partial charge on any atom is -0.480 e. The summed E-state index contributed by atoms with van der Waals surface area (Å²) < 4.78 is 4.96. The van der Waals surface area contributed by atoms with Crippen LogP contribution in [0.4, 0.5) is 5.69 Å². The van der Waals surface area contributed by atoms with Crippen molar-refractivity contribution in [1.29, 1.82) is 0 Å². The van der Waals surface area contributed by atoms with Crippen LogP contribution in [0.5, 0.6) is 5.88 Å². The highest BCUT2D eigenvalue weighted by atomic mass is 32.1. The highest BCUT2D eigenvalue weighted by Gasteiger charge is 2.01. The summed E-state index contributed by atoms with van der Waals surface area (Å²) in [6, 6.07) is 3.55. The molecule has 12 heavy (non-hydrogen) atoms. The summed E-state index contributed by atoms with van der Waals surface area (Å²) in [7, 11) is 1.53. The Hall–Kier alpha value is -1.36. The molecule has 0 saturated heterocycles. The van der Waals surface area contributed by atoms with Crippen LogP contribution in [0.15, 0.2) is 18.3 Å². The van der Waals surface area contributed by atoms with Gasteiger partial charge < -0.3 is 15.8 Å². The van der Waals surface area contributed by atoms with Gasteiger partial charge in [-0.1, -0.05) is 0 Å². The van der Waals surface area contributed by atoms with Crippen molar-refractivity contribution in [2.75, 3.05) is 12.4 Å². The lowest BCUT2D eigenvalue weighted by Crippen LogP contribution is -2.19. The summed E-state index contributed by atoms with van der Waals surface area (Å²) >= 11 is 4.67. The fourth-order valence-electron chi connectivity index (χ4n) is 0.781. The second-order valence-electron chi connectivity index (χ2n) is 2.05. The molecule has 0 unspecified atom stereocenters. The van der Waals surface area contributed by atoms with Gasteiger partial charge in [-0.25, -0.2) is 4.98 Å². The van der Waals surface area contributed by atoms with Gasteiger partial charge in [0.05, 0.1) is 7.11 Å². The van der Waals surface area contributed by atoms with E-state index in [-0.39, 0.29) is 5.11 Å². The van der Waals surface area contributed by atoms with E-state index in [1.54, 1.807) is 18.3 Å². The molecule has 0 aliphatic heterocycles. The van der Waals surface area contributed by atoms with Crippen molar-refractivity contribution in [3.05, 3.63) is 18.3 Å². The van der Waals surface area contributed by atoms with Gasteiger partial charge in [0.1, 0.15) is 5.69 Å². The zero-order chi connectivity index (χ0) is 8.97. The first-order valence-corrected chi connectivity index (χ1v) is 3.70. The molecule has 1 rings (SSSR count). The molecule has 64 valence electrons. The molecular weight excluding hydrogens is 174 g/mol. The minimum atomic E-state index is 0.196. The smallest absolute Gasteiger partial charge is 0.237 e. The van der Waals surface area contributed by atoms with Crippen molar-refractivity contribution in [2.24, 2.45) is 5.73 Å². The third-order valence-electron chi connectivity index (χ3n) is 1.22. The van der Waals surface area contributed by atoms with Crippen molar-refractivity contribution in [1.82, 2.24) is 4.98 Å². The summed E-state index contributed by atoms with van der Waals surface area (Å²) in [5.41, 5.74) is 5.96. The average molecular weight is 183 g/mol. The molecule has 0 bridgehead atoms. The first kappa shape index (κ1) is 8.73. The molecule has 0 radical (unpaired) electrons. The number of nitrogens with zero attached hydrogens (tertiary/aromatic N) is 1. The first-order valence-electron chi connectivity index (χ1n) is 3.29. The van der Waals surface area contributed by atoms with Crippen LogP contribution in [0.25, 0.3) is 0 Å². The van der Waals surface area contributed by atoms with Crippen LogP contribution in [-0.4, -0.2) is 17.2 Å². The Labute approximate surface area is 75.7 Å². The molecule has 0 aromatic carbocycles. The molecule has 1 aromatic heterocycles. The number of thiocarbonyl (C=S) groups is 1. The number of hydrogen-bond acceptors (Lipinski definition) is 3. The van der Waals surface area contributed by atoms with E-state index in [4.69, 9.17) is 10.5 Å². The highest BCUT2D eigenvalue weighted by molar-refractivity contribution is 7.80. The monoisotopic (exact) mass is 183 g/mol. The van der Waals surface area contributed by atoms with Gasteiger partial charge in [-0.05, 0) is 24.4 Å². The maximum atomic E-state index is 5.29. The number of rotatable bonds is 2. The molecule has 0 aliphatic carbocycles. The van der Waals surface area contributed by atoms with Crippen LogP contribution in [0, 0.1) is 0 Å². The molecular formula is C7H9N3OS. The van der Waals surface area contributed by atoms with E-state index in [0.717, 1.165) is 0 Å². The van der Waals surface area contributed by atoms with Crippen LogP contribution in [-0.2, 0) is 0 Å². The molecule has 0 atom stereocenters. The van der Waals surface area contributed by atoms with Gasteiger partial charge in [0.25, 0.3) is 0 Å². The maximum absolute atomic E-state index is 5.29. The zero-order valence-corrected chi connectivity index (χ0v) is 7.39. The molecule has 3 N–H and O–H groups in total. The lowest BCUT2D eigenvalue weighted by molar-refractivity contribution is 0.400. The molecule has 1 aromatic rings. The Morgan fingerprint density at radius 3 is 3.08 bits per heavy atom. The predicted molar refractivity (Wildman–Crippen MR) is 51.2 cm³/mol. The van der Waals surface area contributed by atoms with Crippen molar-refractivity contribution >= 4 is 23.0 Å². The predicted octanol–water partition coefficient (Wildman–Crippen LogP) is 0.746. The number of methoxy groups -OCH3 is 1. The Morgan fingerprint density at radius 1 is 1.75 bits per heavy atom. The van der Waals surface area contributed by atoms with E-state index >= 15 is 0 Å². The van der Waals surface area contributed by atoms with Crippen molar-refractivity contribution in [3.8, 4) is 5.88 Å². The third kappa shape index (κ3) is 2.06. The number of pyridine rings is 1. The third-order valence-corrected chi connectivity index (χ3v) is 1.32. The van der Waals surface area contributed by atoms with Crippen molar-refractivity contribution in [3.63, 3.8) is 0 Å². The van der Waals surface area contributed by atoms with E-state index < -0.39 is 0 Å². The summed E-state index contributed by atoms with van der Waals surface area (Å²) in [5, 5.41) is 2.94. The fraction of sp³-hybridized carbons (Fsp3) is 0.143. The van der Waals surface area contributed by atoms with Crippen LogP contribution < -0.4 is 15.8 Å². The normalized spacial score (nSPS) is 9.08. The second kappa shape index (κ2) is 3.87. The minimum absolute atomic E-state index is 0.196. The Kier molecular flexibility index (Phi) is 2.82. The molecule has 0 spiro atoms. The molecule has 0 aliphatic rings. The Balaban J connectivity index is 2.89. The van der Waals surface area contributed by atoms with E-state index in [1.807, 2.05) is 0 Å². The largest absolute Gasteiger partial charge is 0.480 e.